The lowest BCUT2D eigenvalue weighted by Gasteiger charge is -2.23. The Hall–Kier alpha value is -1.35. The van der Waals surface area contributed by atoms with E-state index in [1.165, 1.54) is 5.56 Å². The van der Waals surface area contributed by atoms with Gasteiger partial charge in [-0.05, 0) is 57.0 Å². The fourth-order valence-corrected chi connectivity index (χ4v) is 2.54. The van der Waals surface area contributed by atoms with Crippen LogP contribution in [0.3, 0.4) is 0 Å². The minimum atomic E-state index is 0.247. The lowest BCUT2D eigenvalue weighted by molar-refractivity contribution is -0.119. The third-order valence-corrected chi connectivity index (χ3v) is 3.56. The van der Waals surface area contributed by atoms with Crippen LogP contribution >= 0.6 is 0 Å². The van der Waals surface area contributed by atoms with Gasteiger partial charge in [-0.2, -0.15) is 0 Å². The Labute approximate surface area is 109 Å². The second-order valence-electron chi connectivity index (χ2n) is 5.04. The van der Waals surface area contributed by atoms with Gasteiger partial charge < -0.3 is 10.2 Å². The molecule has 0 spiro atoms. The van der Waals surface area contributed by atoms with Gasteiger partial charge in [-0.25, -0.2) is 0 Å². The van der Waals surface area contributed by atoms with E-state index in [4.69, 9.17) is 0 Å². The van der Waals surface area contributed by atoms with E-state index in [2.05, 4.69) is 24.4 Å². The molecule has 3 heteroatoms. The summed E-state index contributed by atoms with van der Waals surface area (Å²) in [5.41, 5.74) is 2.22. The first kappa shape index (κ1) is 13.1. The highest BCUT2D eigenvalue weighted by molar-refractivity contribution is 5.93. The number of nitrogens with zero attached hydrogens (tertiary/aromatic N) is 1. The average molecular weight is 246 g/mol. The van der Waals surface area contributed by atoms with Crippen LogP contribution in [0.1, 0.15) is 25.3 Å². The number of hydrogen-bond donors (Lipinski definition) is 1. The topological polar surface area (TPSA) is 32.3 Å². The van der Waals surface area contributed by atoms with Crippen LogP contribution in [0, 0.1) is 12.8 Å². The molecule has 1 saturated heterocycles. The zero-order chi connectivity index (χ0) is 13.0. The maximum atomic E-state index is 12.3. The predicted octanol–water partition coefficient (Wildman–Crippen LogP) is 2.35. The first-order valence-electron chi connectivity index (χ1n) is 6.78. The van der Waals surface area contributed by atoms with Crippen molar-refractivity contribution in [2.24, 2.45) is 5.92 Å². The second kappa shape index (κ2) is 6.01. The quantitative estimate of drug-likeness (QED) is 0.884. The van der Waals surface area contributed by atoms with Crippen LogP contribution in [0.15, 0.2) is 24.3 Å². The normalized spacial score (nSPS) is 18.9. The van der Waals surface area contributed by atoms with Crippen molar-refractivity contribution in [2.75, 3.05) is 24.5 Å². The monoisotopic (exact) mass is 246 g/mol. The van der Waals surface area contributed by atoms with Crippen molar-refractivity contribution in [1.82, 2.24) is 5.32 Å². The fraction of sp³-hybridized carbons (Fsp3) is 0.533. The highest BCUT2D eigenvalue weighted by atomic mass is 16.2. The molecule has 1 aromatic rings. The number of amides is 1. The zero-order valence-electron chi connectivity index (χ0n) is 11.3. The van der Waals surface area contributed by atoms with E-state index in [1.54, 1.807) is 0 Å². The number of rotatable bonds is 4. The molecular weight excluding hydrogens is 224 g/mol. The van der Waals surface area contributed by atoms with Gasteiger partial charge in [0.1, 0.15) is 0 Å². The Balaban J connectivity index is 2.05. The summed E-state index contributed by atoms with van der Waals surface area (Å²) < 4.78 is 0. The molecule has 98 valence electrons. The predicted molar refractivity (Wildman–Crippen MR) is 74.8 cm³/mol. The summed E-state index contributed by atoms with van der Waals surface area (Å²) in [7, 11) is 0. The maximum absolute atomic E-state index is 12.3. The van der Waals surface area contributed by atoms with Crippen molar-refractivity contribution in [2.45, 2.75) is 26.7 Å². The molecule has 0 aliphatic carbocycles. The molecule has 2 rings (SSSR count). The average Bonchev–Trinajstić information content (AvgIpc) is 2.83. The van der Waals surface area contributed by atoms with E-state index in [1.807, 2.05) is 24.0 Å². The summed E-state index contributed by atoms with van der Waals surface area (Å²) in [5, 5.41) is 3.31. The third kappa shape index (κ3) is 3.10. The summed E-state index contributed by atoms with van der Waals surface area (Å²) in [6, 6.07) is 8.16. The molecule has 18 heavy (non-hydrogen) atoms. The van der Waals surface area contributed by atoms with Gasteiger partial charge in [0.2, 0.25) is 5.91 Å². The van der Waals surface area contributed by atoms with Crippen LogP contribution in [-0.2, 0) is 4.79 Å². The van der Waals surface area contributed by atoms with Crippen molar-refractivity contribution >= 4 is 11.6 Å². The van der Waals surface area contributed by atoms with Gasteiger partial charge in [0.25, 0.3) is 0 Å². The highest BCUT2D eigenvalue weighted by Crippen LogP contribution is 2.20. The Kier molecular flexibility index (Phi) is 4.37. The molecule has 0 bridgehead atoms. The molecule has 0 saturated carbocycles. The molecular formula is C15H22N2O. The summed E-state index contributed by atoms with van der Waals surface area (Å²) in [5.74, 6) is 0.758. The van der Waals surface area contributed by atoms with Crippen molar-refractivity contribution in [3.05, 3.63) is 29.8 Å². The van der Waals surface area contributed by atoms with Gasteiger partial charge in [-0.1, -0.05) is 12.1 Å². The SMILES string of the molecule is CCN(C(=O)CC1CCNC1)c1cccc(C)c1. The number of carbonyl (C=O) groups is 1. The molecule has 1 amide bonds. The van der Waals surface area contributed by atoms with Gasteiger partial charge >= 0.3 is 0 Å². The lowest BCUT2D eigenvalue weighted by atomic mass is 10.0. The van der Waals surface area contributed by atoms with Crippen LogP contribution in [0.25, 0.3) is 0 Å². The molecule has 1 aliphatic rings. The Morgan fingerprint density at radius 3 is 2.94 bits per heavy atom. The summed E-state index contributed by atoms with van der Waals surface area (Å²) >= 11 is 0. The first-order valence-corrected chi connectivity index (χ1v) is 6.78. The third-order valence-electron chi connectivity index (χ3n) is 3.56. The summed E-state index contributed by atoms with van der Waals surface area (Å²) in [6.45, 7) is 6.86. The lowest BCUT2D eigenvalue weighted by Crippen LogP contribution is -2.32. The number of aryl methyl sites for hydroxylation is 1. The Bertz CT molecular complexity index is 411. The minimum Gasteiger partial charge on any atom is -0.316 e. The molecule has 1 fully saturated rings. The smallest absolute Gasteiger partial charge is 0.227 e. The van der Waals surface area contributed by atoms with Gasteiger partial charge in [-0.3, -0.25) is 4.79 Å². The molecule has 1 aliphatic heterocycles. The molecule has 0 aromatic heterocycles. The van der Waals surface area contributed by atoms with Gasteiger partial charge in [0.15, 0.2) is 0 Å². The fourth-order valence-electron chi connectivity index (χ4n) is 2.54. The van der Waals surface area contributed by atoms with E-state index < -0.39 is 0 Å². The number of hydrogen-bond acceptors (Lipinski definition) is 2. The van der Waals surface area contributed by atoms with Crippen LogP contribution in [-0.4, -0.2) is 25.5 Å². The van der Waals surface area contributed by atoms with E-state index in [9.17, 15) is 4.79 Å². The number of nitrogens with one attached hydrogen (secondary N) is 1. The van der Waals surface area contributed by atoms with E-state index in [0.717, 1.165) is 31.7 Å². The maximum Gasteiger partial charge on any atom is 0.227 e. The zero-order valence-corrected chi connectivity index (χ0v) is 11.3. The summed E-state index contributed by atoms with van der Waals surface area (Å²) in [6.07, 6.45) is 1.78. The van der Waals surface area contributed by atoms with Crippen LogP contribution in [0.5, 0.6) is 0 Å². The number of benzene rings is 1. The van der Waals surface area contributed by atoms with Crippen LogP contribution < -0.4 is 10.2 Å². The number of anilines is 1. The molecule has 1 atom stereocenters. The molecule has 1 aromatic carbocycles. The van der Waals surface area contributed by atoms with Gasteiger partial charge in [0, 0.05) is 18.7 Å². The van der Waals surface area contributed by atoms with Crippen LogP contribution in [0.2, 0.25) is 0 Å². The highest BCUT2D eigenvalue weighted by Gasteiger charge is 2.21. The number of carbonyl (C=O) groups excluding carboxylic acids is 1. The summed E-state index contributed by atoms with van der Waals surface area (Å²) in [4.78, 5) is 14.2. The second-order valence-corrected chi connectivity index (χ2v) is 5.04. The Morgan fingerprint density at radius 1 is 1.50 bits per heavy atom. The first-order chi connectivity index (χ1) is 8.70. The van der Waals surface area contributed by atoms with E-state index >= 15 is 0 Å². The van der Waals surface area contributed by atoms with E-state index in [-0.39, 0.29) is 5.91 Å². The van der Waals surface area contributed by atoms with Gasteiger partial charge in [0.05, 0.1) is 0 Å². The van der Waals surface area contributed by atoms with Crippen LogP contribution in [0.4, 0.5) is 5.69 Å². The standard InChI is InChI=1S/C15H22N2O/c1-3-17(14-6-4-5-12(2)9-14)15(18)10-13-7-8-16-11-13/h4-6,9,13,16H,3,7-8,10-11H2,1-2H3. The molecule has 0 radical (unpaired) electrons. The Morgan fingerprint density at radius 2 is 2.33 bits per heavy atom. The van der Waals surface area contributed by atoms with Crippen molar-refractivity contribution in [3.63, 3.8) is 0 Å². The van der Waals surface area contributed by atoms with Crippen molar-refractivity contribution in [3.8, 4) is 0 Å². The van der Waals surface area contributed by atoms with Crippen molar-refractivity contribution in [1.29, 1.82) is 0 Å². The molecule has 1 unspecified atom stereocenters. The largest absolute Gasteiger partial charge is 0.316 e. The molecule has 3 nitrogen and oxygen atoms in total. The molecule has 1 N–H and O–H groups in total. The minimum absolute atomic E-state index is 0.247. The van der Waals surface area contributed by atoms with E-state index in [0.29, 0.717) is 12.3 Å². The van der Waals surface area contributed by atoms with Crippen molar-refractivity contribution < 1.29 is 4.79 Å². The van der Waals surface area contributed by atoms with Gasteiger partial charge in [-0.15, -0.1) is 0 Å². The molecule has 1 heterocycles.